The number of carbonyl (C=O) groups is 2. The van der Waals surface area contributed by atoms with E-state index in [1.807, 2.05) is 24.3 Å². The second-order valence-electron chi connectivity index (χ2n) is 7.86. The molecule has 0 aliphatic carbocycles. The molecule has 160 valence electrons. The number of hydrogen-bond acceptors (Lipinski definition) is 5. The Balaban J connectivity index is 1.54. The number of rotatable bonds is 5. The van der Waals surface area contributed by atoms with Crippen molar-refractivity contribution in [2.75, 3.05) is 0 Å². The fourth-order valence-electron chi connectivity index (χ4n) is 3.43. The number of urea groups is 1. The number of nitrogens with zero attached hydrogens (tertiary/aromatic N) is 3. The third-order valence-electron chi connectivity index (χ3n) is 5.37. The SMILES string of the molecule is CC(C)c1ccc(-c2noc(CN3C(=O)NC(C)(c4ccc(F)c(F)c4)C3=O)n2)cc1. The molecular formula is C22H20F2N4O3. The van der Waals surface area contributed by atoms with E-state index in [1.54, 1.807) is 0 Å². The minimum absolute atomic E-state index is 0.0703. The second kappa shape index (κ2) is 7.57. The largest absolute Gasteiger partial charge is 0.337 e. The Kier molecular flexibility index (Phi) is 5.04. The summed E-state index contributed by atoms with van der Waals surface area (Å²) in [5.41, 5.74) is 0.497. The Morgan fingerprint density at radius 3 is 2.45 bits per heavy atom. The third kappa shape index (κ3) is 3.67. The summed E-state index contributed by atoms with van der Waals surface area (Å²) in [5.74, 6) is -1.99. The van der Waals surface area contributed by atoms with Crippen molar-refractivity contribution in [1.29, 1.82) is 0 Å². The lowest BCUT2D eigenvalue weighted by Gasteiger charge is -2.22. The molecule has 0 bridgehead atoms. The molecule has 2 aromatic carbocycles. The first kappa shape index (κ1) is 20.6. The van der Waals surface area contributed by atoms with Crippen LogP contribution in [0.4, 0.5) is 13.6 Å². The highest BCUT2D eigenvalue weighted by atomic mass is 19.2. The van der Waals surface area contributed by atoms with Crippen molar-refractivity contribution in [2.24, 2.45) is 0 Å². The molecule has 3 aromatic rings. The standard InChI is InChI=1S/C22H20F2N4O3/c1-12(2)13-4-6-14(7-5-13)19-25-18(31-27-19)11-28-20(29)22(3,26-21(28)30)15-8-9-16(23)17(24)10-15/h4-10,12H,11H2,1-3H3,(H,26,30). The van der Waals surface area contributed by atoms with Crippen LogP contribution in [0, 0.1) is 11.6 Å². The molecule has 0 spiro atoms. The smallest absolute Gasteiger partial charge is 0.325 e. The molecule has 1 fully saturated rings. The minimum atomic E-state index is -1.54. The van der Waals surface area contributed by atoms with E-state index in [0.29, 0.717) is 11.7 Å². The number of amides is 3. The van der Waals surface area contributed by atoms with E-state index in [4.69, 9.17) is 4.52 Å². The Bertz CT molecular complexity index is 1160. The van der Waals surface area contributed by atoms with Crippen LogP contribution in [-0.4, -0.2) is 27.0 Å². The number of hydrogen-bond donors (Lipinski definition) is 1. The quantitative estimate of drug-likeness (QED) is 0.621. The fourth-order valence-corrected chi connectivity index (χ4v) is 3.43. The van der Waals surface area contributed by atoms with Gasteiger partial charge in [-0.25, -0.2) is 13.6 Å². The predicted octanol–water partition coefficient (Wildman–Crippen LogP) is 4.11. The summed E-state index contributed by atoms with van der Waals surface area (Å²) < 4.78 is 32.1. The van der Waals surface area contributed by atoms with Crippen LogP contribution < -0.4 is 5.32 Å². The molecule has 1 unspecified atom stereocenters. The number of aromatic nitrogens is 2. The molecule has 7 nitrogen and oxygen atoms in total. The van der Waals surface area contributed by atoms with Gasteiger partial charge >= 0.3 is 6.03 Å². The zero-order valence-electron chi connectivity index (χ0n) is 17.1. The molecule has 9 heteroatoms. The van der Waals surface area contributed by atoms with Crippen molar-refractivity contribution in [2.45, 2.75) is 38.8 Å². The molecule has 4 rings (SSSR count). The number of halogens is 2. The van der Waals surface area contributed by atoms with Gasteiger partial charge in [0.2, 0.25) is 11.7 Å². The van der Waals surface area contributed by atoms with E-state index < -0.39 is 29.1 Å². The lowest BCUT2D eigenvalue weighted by molar-refractivity contribution is -0.131. The number of nitrogens with one attached hydrogen (secondary N) is 1. The minimum Gasteiger partial charge on any atom is -0.337 e. The van der Waals surface area contributed by atoms with E-state index >= 15 is 0 Å². The molecule has 1 N–H and O–H groups in total. The zero-order chi connectivity index (χ0) is 22.3. The monoisotopic (exact) mass is 426 g/mol. The fraction of sp³-hybridized carbons (Fsp3) is 0.273. The molecule has 3 amide bonds. The van der Waals surface area contributed by atoms with Gasteiger partial charge in [0, 0.05) is 5.56 Å². The summed E-state index contributed by atoms with van der Waals surface area (Å²) in [6, 6.07) is 10.1. The van der Waals surface area contributed by atoms with E-state index in [1.165, 1.54) is 18.6 Å². The average molecular weight is 426 g/mol. The van der Waals surface area contributed by atoms with Crippen molar-refractivity contribution in [1.82, 2.24) is 20.4 Å². The number of benzene rings is 2. The van der Waals surface area contributed by atoms with Crippen LogP contribution in [0.2, 0.25) is 0 Å². The van der Waals surface area contributed by atoms with Crippen molar-refractivity contribution in [3.8, 4) is 11.4 Å². The molecule has 1 aromatic heterocycles. The van der Waals surface area contributed by atoms with Gasteiger partial charge in [0.1, 0.15) is 12.1 Å². The summed E-state index contributed by atoms with van der Waals surface area (Å²) in [4.78, 5) is 30.6. The number of carbonyl (C=O) groups excluding carboxylic acids is 2. The maximum Gasteiger partial charge on any atom is 0.325 e. The summed E-state index contributed by atoms with van der Waals surface area (Å²) in [6.45, 7) is 5.36. The van der Waals surface area contributed by atoms with Gasteiger partial charge in [0.15, 0.2) is 11.6 Å². The Labute approximate surface area is 177 Å². The topological polar surface area (TPSA) is 88.3 Å². The predicted molar refractivity (Wildman–Crippen MR) is 107 cm³/mol. The molecule has 0 saturated carbocycles. The van der Waals surface area contributed by atoms with Crippen LogP contribution in [0.5, 0.6) is 0 Å². The molecule has 1 aliphatic rings. The van der Waals surface area contributed by atoms with Crippen molar-refractivity contribution in [3.63, 3.8) is 0 Å². The van der Waals surface area contributed by atoms with Gasteiger partial charge in [-0.2, -0.15) is 4.98 Å². The normalized spacial score (nSPS) is 18.7. The highest BCUT2D eigenvalue weighted by Crippen LogP contribution is 2.31. The second-order valence-corrected chi connectivity index (χ2v) is 7.86. The Hall–Kier alpha value is -3.62. The first-order chi connectivity index (χ1) is 14.7. The van der Waals surface area contributed by atoms with E-state index in [-0.39, 0.29) is 18.0 Å². The van der Waals surface area contributed by atoms with Crippen LogP contribution in [-0.2, 0) is 16.9 Å². The van der Waals surface area contributed by atoms with Crippen LogP contribution >= 0.6 is 0 Å². The van der Waals surface area contributed by atoms with Crippen molar-refractivity contribution >= 4 is 11.9 Å². The summed E-state index contributed by atoms with van der Waals surface area (Å²) in [7, 11) is 0. The van der Waals surface area contributed by atoms with Gasteiger partial charge in [-0.05, 0) is 36.1 Å². The maximum absolute atomic E-state index is 13.7. The summed E-state index contributed by atoms with van der Waals surface area (Å²) in [5, 5.41) is 6.45. The highest BCUT2D eigenvalue weighted by molar-refractivity contribution is 6.07. The van der Waals surface area contributed by atoms with Gasteiger partial charge in [0.05, 0.1) is 0 Å². The maximum atomic E-state index is 13.7. The lowest BCUT2D eigenvalue weighted by atomic mass is 9.92. The molecule has 0 radical (unpaired) electrons. The average Bonchev–Trinajstić information content (AvgIpc) is 3.29. The molecule has 2 heterocycles. The van der Waals surface area contributed by atoms with Gasteiger partial charge in [-0.3, -0.25) is 9.69 Å². The van der Waals surface area contributed by atoms with Crippen LogP contribution in [0.3, 0.4) is 0 Å². The van der Waals surface area contributed by atoms with E-state index in [2.05, 4.69) is 29.3 Å². The molecule has 1 atom stereocenters. The summed E-state index contributed by atoms with van der Waals surface area (Å²) >= 11 is 0. The van der Waals surface area contributed by atoms with Gasteiger partial charge < -0.3 is 9.84 Å². The zero-order valence-corrected chi connectivity index (χ0v) is 17.1. The highest BCUT2D eigenvalue weighted by Gasteiger charge is 2.49. The van der Waals surface area contributed by atoms with Gasteiger partial charge in [0.25, 0.3) is 5.91 Å². The summed E-state index contributed by atoms with van der Waals surface area (Å²) in [6.07, 6.45) is 0. The Morgan fingerprint density at radius 1 is 1.10 bits per heavy atom. The van der Waals surface area contributed by atoms with Crippen LogP contribution in [0.25, 0.3) is 11.4 Å². The Morgan fingerprint density at radius 2 is 1.81 bits per heavy atom. The van der Waals surface area contributed by atoms with E-state index in [9.17, 15) is 18.4 Å². The van der Waals surface area contributed by atoms with Gasteiger partial charge in [-0.15, -0.1) is 0 Å². The van der Waals surface area contributed by atoms with Crippen molar-refractivity contribution < 1.29 is 22.9 Å². The van der Waals surface area contributed by atoms with E-state index in [0.717, 1.165) is 22.6 Å². The third-order valence-corrected chi connectivity index (χ3v) is 5.37. The van der Waals surface area contributed by atoms with Crippen LogP contribution in [0.15, 0.2) is 47.0 Å². The van der Waals surface area contributed by atoms with Crippen molar-refractivity contribution in [3.05, 3.63) is 71.1 Å². The van der Waals surface area contributed by atoms with Crippen LogP contribution in [0.1, 0.15) is 43.7 Å². The van der Waals surface area contributed by atoms with Gasteiger partial charge in [-0.1, -0.05) is 49.3 Å². The number of imide groups is 1. The lowest BCUT2D eigenvalue weighted by Crippen LogP contribution is -2.41. The molecule has 31 heavy (non-hydrogen) atoms. The first-order valence-electron chi connectivity index (χ1n) is 9.71. The first-order valence-corrected chi connectivity index (χ1v) is 9.71. The molecule has 1 saturated heterocycles. The molecule has 1 aliphatic heterocycles. The molecular weight excluding hydrogens is 406 g/mol.